The van der Waals surface area contributed by atoms with E-state index in [1.165, 1.54) is 18.7 Å². The molecule has 25 heavy (non-hydrogen) atoms. The van der Waals surface area contributed by atoms with Crippen molar-refractivity contribution in [2.45, 2.75) is 13.8 Å². The van der Waals surface area contributed by atoms with Gasteiger partial charge < -0.3 is 5.73 Å². The highest BCUT2D eigenvalue weighted by atomic mass is 16.1. The first-order valence-corrected chi connectivity index (χ1v) is 7.71. The minimum absolute atomic E-state index is 0.262. The molecule has 1 amide bonds. The normalized spacial score (nSPS) is 11.4. The maximum Gasteiger partial charge on any atom is 0.249 e. The molecule has 0 spiro atoms. The fourth-order valence-corrected chi connectivity index (χ4v) is 2.59. The molecule has 3 aromatic rings. The third kappa shape index (κ3) is 3.92. The lowest BCUT2D eigenvalue weighted by atomic mass is 10.0. The highest BCUT2D eigenvalue weighted by molar-refractivity contribution is 6.23. The first-order chi connectivity index (χ1) is 12.0. The third-order valence-corrected chi connectivity index (χ3v) is 3.60. The van der Waals surface area contributed by atoms with Crippen molar-refractivity contribution < 1.29 is 4.79 Å². The average molecular weight is 331 g/mol. The van der Waals surface area contributed by atoms with Crippen LogP contribution in [-0.4, -0.2) is 25.8 Å². The van der Waals surface area contributed by atoms with Gasteiger partial charge in [0.2, 0.25) is 5.91 Å². The van der Waals surface area contributed by atoms with Crippen molar-refractivity contribution in [3.05, 3.63) is 71.7 Å². The largest absolute Gasteiger partial charge is 0.366 e. The van der Waals surface area contributed by atoms with Crippen LogP contribution in [0.4, 0.5) is 0 Å². The molecule has 0 saturated heterocycles. The molecule has 0 fully saturated rings. The van der Waals surface area contributed by atoms with Crippen molar-refractivity contribution in [3.63, 3.8) is 0 Å². The maximum atomic E-state index is 11.8. The molecule has 0 radical (unpaired) electrons. The Labute approximate surface area is 145 Å². The number of primary amides is 1. The standard InChI is InChI=1S/C19H17N5O/c1-12-5-13(2)7-14(6-12)17-3-4-23-18(24-17)8-16(19(20)25)15-9-21-11-22-10-15/h3-11H,1-2H3,(H2,20,25)/b16-8+. The smallest absolute Gasteiger partial charge is 0.249 e. The topological polar surface area (TPSA) is 94.7 Å². The predicted octanol–water partition coefficient (Wildman–Crippen LogP) is 2.58. The third-order valence-electron chi connectivity index (χ3n) is 3.60. The van der Waals surface area contributed by atoms with E-state index in [-0.39, 0.29) is 5.57 Å². The van der Waals surface area contributed by atoms with Gasteiger partial charge in [-0.1, -0.05) is 17.2 Å². The van der Waals surface area contributed by atoms with Crippen LogP contribution in [0, 0.1) is 13.8 Å². The Kier molecular flexibility index (Phi) is 4.61. The average Bonchev–Trinajstić information content (AvgIpc) is 2.59. The number of carbonyl (C=O) groups is 1. The van der Waals surface area contributed by atoms with Gasteiger partial charge in [0.15, 0.2) is 5.82 Å². The molecule has 3 rings (SSSR count). The molecule has 2 N–H and O–H groups in total. The number of nitrogens with zero attached hydrogens (tertiary/aromatic N) is 4. The quantitative estimate of drug-likeness (QED) is 0.741. The fraction of sp³-hybridized carbons (Fsp3) is 0.105. The van der Waals surface area contributed by atoms with Crippen molar-refractivity contribution in [2.24, 2.45) is 5.73 Å². The van der Waals surface area contributed by atoms with Crippen LogP contribution in [0.3, 0.4) is 0 Å². The summed E-state index contributed by atoms with van der Waals surface area (Å²) in [7, 11) is 0. The molecule has 0 saturated carbocycles. The first-order valence-electron chi connectivity index (χ1n) is 7.71. The van der Waals surface area contributed by atoms with E-state index >= 15 is 0 Å². The Morgan fingerprint density at radius 1 is 1.08 bits per heavy atom. The Hall–Kier alpha value is -3.41. The van der Waals surface area contributed by atoms with E-state index in [1.54, 1.807) is 12.3 Å². The molecule has 124 valence electrons. The minimum Gasteiger partial charge on any atom is -0.366 e. The number of rotatable bonds is 4. The number of hydrogen-bond donors (Lipinski definition) is 1. The zero-order chi connectivity index (χ0) is 17.8. The first kappa shape index (κ1) is 16.4. The maximum absolute atomic E-state index is 11.8. The van der Waals surface area contributed by atoms with Crippen molar-refractivity contribution in [1.29, 1.82) is 0 Å². The number of hydrogen-bond acceptors (Lipinski definition) is 5. The van der Waals surface area contributed by atoms with E-state index in [2.05, 4.69) is 38.1 Å². The lowest BCUT2D eigenvalue weighted by Crippen LogP contribution is -2.13. The van der Waals surface area contributed by atoms with Crippen molar-refractivity contribution in [1.82, 2.24) is 19.9 Å². The Morgan fingerprint density at radius 3 is 2.40 bits per heavy atom. The van der Waals surface area contributed by atoms with Crippen LogP contribution in [0.1, 0.15) is 22.5 Å². The van der Waals surface area contributed by atoms with Gasteiger partial charge in [-0.3, -0.25) is 4.79 Å². The van der Waals surface area contributed by atoms with Gasteiger partial charge >= 0.3 is 0 Å². The molecule has 0 aliphatic heterocycles. The molecule has 0 unspecified atom stereocenters. The fourth-order valence-electron chi connectivity index (χ4n) is 2.59. The second kappa shape index (κ2) is 7.00. The van der Waals surface area contributed by atoms with Crippen LogP contribution >= 0.6 is 0 Å². The number of benzene rings is 1. The Bertz CT molecular complexity index is 931. The zero-order valence-corrected chi connectivity index (χ0v) is 14.0. The van der Waals surface area contributed by atoms with Crippen LogP contribution < -0.4 is 5.73 Å². The molecule has 2 aromatic heterocycles. The molecular formula is C19H17N5O. The Morgan fingerprint density at radius 2 is 1.76 bits per heavy atom. The van der Waals surface area contributed by atoms with Gasteiger partial charge in [-0.05, 0) is 38.1 Å². The number of amides is 1. The molecule has 0 aliphatic rings. The van der Waals surface area contributed by atoms with Crippen molar-refractivity contribution in [3.8, 4) is 11.3 Å². The van der Waals surface area contributed by atoms with Crippen LogP contribution in [0.2, 0.25) is 0 Å². The molecule has 0 aliphatic carbocycles. The minimum atomic E-state index is -0.588. The Balaban J connectivity index is 2.05. The molecule has 2 heterocycles. The summed E-state index contributed by atoms with van der Waals surface area (Å²) in [5, 5.41) is 0. The highest BCUT2D eigenvalue weighted by Gasteiger charge is 2.11. The van der Waals surface area contributed by atoms with E-state index in [4.69, 9.17) is 5.73 Å². The van der Waals surface area contributed by atoms with Crippen molar-refractivity contribution >= 4 is 17.6 Å². The van der Waals surface area contributed by atoms with E-state index in [9.17, 15) is 4.79 Å². The van der Waals surface area contributed by atoms with Gasteiger partial charge in [-0.2, -0.15) is 0 Å². The van der Waals surface area contributed by atoms with Crippen LogP contribution in [0.5, 0.6) is 0 Å². The molecule has 1 aromatic carbocycles. The van der Waals surface area contributed by atoms with Gasteiger partial charge in [-0.15, -0.1) is 0 Å². The van der Waals surface area contributed by atoms with E-state index in [1.807, 2.05) is 19.9 Å². The monoisotopic (exact) mass is 331 g/mol. The second-order valence-corrected chi connectivity index (χ2v) is 5.73. The van der Waals surface area contributed by atoms with Gasteiger partial charge in [0.1, 0.15) is 6.33 Å². The number of aryl methyl sites for hydroxylation is 2. The number of aromatic nitrogens is 4. The molecule has 0 bridgehead atoms. The van der Waals surface area contributed by atoms with Gasteiger partial charge in [-0.25, -0.2) is 19.9 Å². The van der Waals surface area contributed by atoms with E-state index in [0.29, 0.717) is 11.4 Å². The summed E-state index contributed by atoms with van der Waals surface area (Å²) in [5.74, 6) is -0.190. The van der Waals surface area contributed by atoms with Crippen LogP contribution in [-0.2, 0) is 4.79 Å². The van der Waals surface area contributed by atoms with E-state index < -0.39 is 5.91 Å². The summed E-state index contributed by atoms with van der Waals surface area (Å²) < 4.78 is 0. The molecule has 6 heteroatoms. The summed E-state index contributed by atoms with van der Waals surface area (Å²) >= 11 is 0. The SMILES string of the molecule is Cc1cc(C)cc(-c2ccnc(/C=C(/C(N)=O)c3cncnc3)n2)c1. The lowest BCUT2D eigenvalue weighted by Gasteiger charge is -2.06. The summed E-state index contributed by atoms with van der Waals surface area (Å²) in [5.41, 5.74) is 10.4. The summed E-state index contributed by atoms with van der Waals surface area (Å²) in [6.45, 7) is 4.08. The molecule has 0 atom stereocenters. The zero-order valence-electron chi connectivity index (χ0n) is 14.0. The number of carbonyl (C=O) groups excluding carboxylic acids is 1. The molecule has 6 nitrogen and oxygen atoms in total. The van der Waals surface area contributed by atoms with Crippen molar-refractivity contribution in [2.75, 3.05) is 0 Å². The summed E-state index contributed by atoms with van der Waals surface area (Å²) in [6.07, 6.45) is 7.65. The van der Waals surface area contributed by atoms with Crippen LogP contribution in [0.25, 0.3) is 22.9 Å². The second-order valence-electron chi connectivity index (χ2n) is 5.73. The lowest BCUT2D eigenvalue weighted by molar-refractivity contribution is -0.112. The van der Waals surface area contributed by atoms with Gasteiger partial charge in [0.25, 0.3) is 0 Å². The predicted molar refractivity (Wildman–Crippen MR) is 96.0 cm³/mol. The van der Waals surface area contributed by atoms with Gasteiger partial charge in [0, 0.05) is 29.7 Å². The highest BCUT2D eigenvalue weighted by Crippen LogP contribution is 2.21. The van der Waals surface area contributed by atoms with E-state index in [0.717, 1.165) is 22.4 Å². The number of nitrogens with two attached hydrogens (primary N) is 1. The van der Waals surface area contributed by atoms with Gasteiger partial charge in [0.05, 0.1) is 11.3 Å². The van der Waals surface area contributed by atoms with Crippen LogP contribution in [0.15, 0.2) is 49.2 Å². The summed E-state index contributed by atoms with van der Waals surface area (Å²) in [4.78, 5) is 28.4. The summed E-state index contributed by atoms with van der Waals surface area (Å²) in [6, 6.07) is 8.05. The molecular weight excluding hydrogens is 314 g/mol.